The summed E-state index contributed by atoms with van der Waals surface area (Å²) in [6.45, 7) is 0. The van der Waals surface area contributed by atoms with Crippen LogP contribution in [-0.2, 0) is 24.7 Å². The van der Waals surface area contributed by atoms with Crippen molar-refractivity contribution in [2.45, 2.75) is 25.3 Å². The Morgan fingerprint density at radius 2 is 1.86 bits per heavy atom. The molecule has 1 heterocycles. The Kier molecular flexibility index (Phi) is 4.96. The van der Waals surface area contributed by atoms with Crippen LogP contribution in [0.5, 0.6) is 11.5 Å². The number of aryl methyl sites for hydroxylation is 2. The highest BCUT2D eigenvalue weighted by atomic mass is 16.5. The van der Waals surface area contributed by atoms with Gasteiger partial charge in [-0.1, -0.05) is 18.2 Å². The third kappa shape index (κ3) is 3.44. The average Bonchev–Trinajstić information content (AvgIpc) is 3.12. The second kappa shape index (κ2) is 7.58. The molecule has 7 nitrogen and oxygen atoms in total. The molecule has 1 N–H and O–H groups in total. The zero-order chi connectivity index (χ0) is 20.5. The summed E-state index contributed by atoms with van der Waals surface area (Å²) in [6.07, 6.45) is 1.79. The molecule has 1 unspecified atom stereocenters. The fourth-order valence-electron chi connectivity index (χ4n) is 3.99. The lowest BCUT2D eigenvalue weighted by Gasteiger charge is -2.16. The molecule has 0 fully saturated rings. The van der Waals surface area contributed by atoms with Crippen molar-refractivity contribution >= 4 is 16.7 Å². The van der Waals surface area contributed by atoms with E-state index in [1.807, 2.05) is 30.3 Å². The summed E-state index contributed by atoms with van der Waals surface area (Å²) in [5.41, 5.74) is 2.62. The fourth-order valence-corrected chi connectivity index (χ4v) is 3.99. The minimum Gasteiger partial charge on any atom is -0.493 e. The number of aromatic nitrogens is 2. The van der Waals surface area contributed by atoms with Crippen molar-refractivity contribution in [2.75, 3.05) is 14.2 Å². The predicted octanol–water partition coefficient (Wildman–Crippen LogP) is 2.30. The van der Waals surface area contributed by atoms with Gasteiger partial charge in [-0.05, 0) is 42.2 Å². The number of benzene rings is 2. The molecule has 2 aromatic carbocycles. The van der Waals surface area contributed by atoms with E-state index in [2.05, 4.69) is 10.4 Å². The Hall–Kier alpha value is -3.35. The first kappa shape index (κ1) is 19.0. The number of hydrogen-bond donors (Lipinski definition) is 1. The molecule has 3 aromatic rings. The second-order valence-electron chi connectivity index (χ2n) is 7.16. The maximum Gasteiger partial charge on any atom is 0.274 e. The van der Waals surface area contributed by atoms with Gasteiger partial charge in [-0.25, -0.2) is 4.68 Å². The lowest BCUT2D eigenvalue weighted by molar-refractivity contribution is -0.121. The molecule has 150 valence electrons. The zero-order valence-corrected chi connectivity index (χ0v) is 16.7. The number of carbonyl (C=O) groups is 1. The molecule has 0 aliphatic heterocycles. The first-order chi connectivity index (χ1) is 14.0. The van der Waals surface area contributed by atoms with Gasteiger partial charge in [0.15, 0.2) is 11.5 Å². The maximum absolute atomic E-state index is 12.8. The van der Waals surface area contributed by atoms with Crippen LogP contribution in [0.25, 0.3) is 10.8 Å². The Labute approximate surface area is 168 Å². The molecular formula is C22H23N3O4. The van der Waals surface area contributed by atoms with E-state index >= 15 is 0 Å². The maximum atomic E-state index is 12.8. The van der Waals surface area contributed by atoms with Crippen LogP contribution in [0.3, 0.4) is 0 Å². The van der Waals surface area contributed by atoms with Crippen LogP contribution in [-0.4, -0.2) is 29.9 Å². The largest absolute Gasteiger partial charge is 0.493 e. The van der Waals surface area contributed by atoms with Crippen LogP contribution >= 0.6 is 0 Å². The van der Waals surface area contributed by atoms with Gasteiger partial charge in [0.25, 0.3) is 5.56 Å². The van der Waals surface area contributed by atoms with Crippen LogP contribution in [0.15, 0.2) is 41.2 Å². The first-order valence-corrected chi connectivity index (χ1v) is 9.51. The summed E-state index contributed by atoms with van der Waals surface area (Å²) in [4.78, 5) is 25.1. The van der Waals surface area contributed by atoms with Crippen molar-refractivity contribution in [3.8, 4) is 11.5 Å². The number of hydrogen-bond acceptors (Lipinski definition) is 5. The molecule has 4 rings (SSSR count). The van der Waals surface area contributed by atoms with Gasteiger partial charge in [-0.15, -0.1) is 0 Å². The van der Waals surface area contributed by atoms with Crippen molar-refractivity contribution in [3.63, 3.8) is 0 Å². The van der Waals surface area contributed by atoms with Crippen LogP contribution in [0.4, 0.5) is 0 Å². The number of amides is 1. The summed E-state index contributed by atoms with van der Waals surface area (Å²) in [5.74, 6) is 1.21. The van der Waals surface area contributed by atoms with E-state index in [9.17, 15) is 9.59 Å². The molecule has 1 aliphatic rings. The third-order valence-electron chi connectivity index (χ3n) is 5.42. The average molecular weight is 393 g/mol. The van der Waals surface area contributed by atoms with Gasteiger partial charge in [-0.2, -0.15) is 5.10 Å². The molecule has 1 aromatic heterocycles. The number of ether oxygens (including phenoxy) is 2. The normalized spacial score (nSPS) is 15.2. The molecule has 29 heavy (non-hydrogen) atoms. The summed E-state index contributed by atoms with van der Waals surface area (Å²) in [5, 5.41) is 8.70. The van der Waals surface area contributed by atoms with Crippen molar-refractivity contribution in [2.24, 2.45) is 7.05 Å². The lowest BCUT2D eigenvalue weighted by atomic mass is 10.1. The third-order valence-corrected chi connectivity index (χ3v) is 5.42. The lowest BCUT2D eigenvalue weighted by Crippen LogP contribution is -2.30. The molecule has 0 spiro atoms. The molecule has 0 radical (unpaired) electrons. The van der Waals surface area contributed by atoms with Crippen LogP contribution in [0.1, 0.15) is 29.3 Å². The number of rotatable bonds is 5. The van der Waals surface area contributed by atoms with Crippen molar-refractivity contribution < 1.29 is 14.3 Å². The molecule has 1 amide bonds. The second-order valence-corrected chi connectivity index (χ2v) is 7.16. The number of fused-ring (bicyclic) bond motifs is 2. The molecule has 7 heteroatoms. The Bertz CT molecular complexity index is 1150. The highest BCUT2D eigenvalue weighted by molar-refractivity contribution is 5.88. The van der Waals surface area contributed by atoms with E-state index < -0.39 is 0 Å². The van der Waals surface area contributed by atoms with E-state index in [4.69, 9.17) is 9.47 Å². The van der Waals surface area contributed by atoms with E-state index in [-0.39, 0.29) is 23.9 Å². The zero-order valence-electron chi connectivity index (χ0n) is 16.7. The fraction of sp³-hybridized carbons (Fsp3) is 0.318. The highest BCUT2D eigenvalue weighted by Crippen LogP contribution is 2.39. The van der Waals surface area contributed by atoms with E-state index in [0.717, 1.165) is 24.0 Å². The smallest absolute Gasteiger partial charge is 0.274 e. The number of nitrogens with one attached hydrogen (secondary N) is 1. The monoisotopic (exact) mass is 393 g/mol. The van der Waals surface area contributed by atoms with Gasteiger partial charge in [0, 0.05) is 12.4 Å². The Balaban J connectivity index is 1.58. The first-order valence-electron chi connectivity index (χ1n) is 9.51. The standard InChI is InChI=1S/C22H23N3O4/c1-25-22(27)15-7-5-4-6-14(15)18(24-25)12-21(26)23-17-9-8-13-10-19(28-2)20(29-3)11-16(13)17/h4-7,10-11,17H,8-9,12H2,1-3H3,(H,23,26). The minimum atomic E-state index is -0.171. The van der Waals surface area contributed by atoms with Gasteiger partial charge >= 0.3 is 0 Å². The molecule has 0 bridgehead atoms. The summed E-state index contributed by atoms with van der Waals surface area (Å²) >= 11 is 0. The van der Waals surface area contributed by atoms with E-state index in [0.29, 0.717) is 28.0 Å². The molecule has 1 atom stereocenters. The number of carbonyl (C=O) groups excluding carboxylic acids is 1. The van der Waals surface area contributed by atoms with Gasteiger partial charge in [0.05, 0.1) is 37.8 Å². The quantitative estimate of drug-likeness (QED) is 0.719. The van der Waals surface area contributed by atoms with E-state index in [1.54, 1.807) is 27.3 Å². The van der Waals surface area contributed by atoms with Gasteiger partial charge in [-0.3, -0.25) is 9.59 Å². The highest BCUT2D eigenvalue weighted by Gasteiger charge is 2.26. The molecule has 0 saturated heterocycles. The van der Waals surface area contributed by atoms with Crippen molar-refractivity contribution in [1.82, 2.24) is 15.1 Å². The van der Waals surface area contributed by atoms with E-state index in [1.165, 1.54) is 4.68 Å². The van der Waals surface area contributed by atoms with Crippen LogP contribution in [0, 0.1) is 0 Å². The van der Waals surface area contributed by atoms with Gasteiger partial charge < -0.3 is 14.8 Å². The van der Waals surface area contributed by atoms with Crippen LogP contribution in [0.2, 0.25) is 0 Å². The van der Waals surface area contributed by atoms with Crippen molar-refractivity contribution in [1.29, 1.82) is 0 Å². The Morgan fingerprint density at radius 3 is 2.59 bits per heavy atom. The molecule has 1 aliphatic carbocycles. The molecular weight excluding hydrogens is 370 g/mol. The summed E-state index contributed by atoms with van der Waals surface area (Å²) in [6, 6.07) is 11.1. The van der Waals surface area contributed by atoms with Gasteiger partial charge in [0.1, 0.15) is 0 Å². The Morgan fingerprint density at radius 1 is 1.17 bits per heavy atom. The van der Waals surface area contributed by atoms with Crippen LogP contribution < -0.4 is 20.3 Å². The predicted molar refractivity (Wildman–Crippen MR) is 109 cm³/mol. The minimum absolute atomic E-state index is 0.0869. The summed E-state index contributed by atoms with van der Waals surface area (Å²) < 4.78 is 12.1. The summed E-state index contributed by atoms with van der Waals surface area (Å²) in [7, 11) is 4.81. The number of methoxy groups -OCH3 is 2. The SMILES string of the molecule is COc1cc2c(cc1OC)C(NC(=O)Cc1nn(C)c(=O)c3ccccc13)CC2. The molecule has 0 saturated carbocycles. The topological polar surface area (TPSA) is 82.4 Å². The number of nitrogens with zero attached hydrogens (tertiary/aromatic N) is 2. The van der Waals surface area contributed by atoms with Gasteiger partial charge in [0.2, 0.25) is 5.91 Å². The van der Waals surface area contributed by atoms with Crippen molar-refractivity contribution in [3.05, 3.63) is 63.6 Å².